The second-order valence-corrected chi connectivity index (χ2v) is 8.62. The van der Waals surface area contributed by atoms with E-state index in [9.17, 15) is 14.0 Å². The van der Waals surface area contributed by atoms with Gasteiger partial charge in [0, 0.05) is 32.1 Å². The van der Waals surface area contributed by atoms with Crippen LogP contribution in [0.25, 0.3) is 0 Å². The molecule has 0 spiro atoms. The van der Waals surface area contributed by atoms with Gasteiger partial charge in [0.15, 0.2) is 0 Å². The average Bonchev–Trinajstić information content (AvgIpc) is 3.24. The summed E-state index contributed by atoms with van der Waals surface area (Å²) in [5.74, 6) is -0.113. The predicted molar refractivity (Wildman–Crippen MR) is 113 cm³/mol. The number of hydrogen-bond donors (Lipinski definition) is 1. The number of H-pyrrole nitrogens is 1. The van der Waals surface area contributed by atoms with Crippen molar-refractivity contribution >= 4 is 11.8 Å². The molecular formula is C23H29FN4O3. The van der Waals surface area contributed by atoms with E-state index in [2.05, 4.69) is 10.2 Å². The van der Waals surface area contributed by atoms with Crippen LogP contribution in [0.5, 0.6) is 0 Å². The molecule has 2 aromatic rings. The van der Waals surface area contributed by atoms with Crippen LogP contribution in [0.4, 0.5) is 4.39 Å². The lowest BCUT2D eigenvalue weighted by Crippen LogP contribution is -2.48. The number of aromatic nitrogens is 2. The molecule has 31 heavy (non-hydrogen) atoms. The number of piperidine rings is 1. The number of aromatic amines is 1. The molecule has 2 saturated heterocycles. The summed E-state index contributed by atoms with van der Waals surface area (Å²) in [6, 6.07) is 6.05. The average molecular weight is 429 g/mol. The van der Waals surface area contributed by atoms with E-state index in [-0.39, 0.29) is 42.2 Å². The zero-order valence-corrected chi connectivity index (χ0v) is 18.0. The lowest BCUT2D eigenvalue weighted by atomic mass is 9.90. The fraction of sp³-hybridized carbons (Fsp3) is 0.522. The van der Waals surface area contributed by atoms with E-state index >= 15 is 0 Å². The Bertz CT molecular complexity index is 911. The molecule has 0 radical (unpaired) electrons. The third kappa shape index (κ3) is 4.95. The molecule has 166 valence electrons. The summed E-state index contributed by atoms with van der Waals surface area (Å²) >= 11 is 0. The van der Waals surface area contributed by atoms with Gasteiger partial charge < -0.3 is 14.5 Å². The first-order valence-corrected chi connectivity index (χ1v) is 10.9. The third-order valence-corrected chi connectivity index (χ3v) is 6.13. The van der Waals surface area contributed by atoms with E-state index in [1.807, 2.05) is 23.6 Å². The molecule has 1 aromatic carbocycles. The summed E-state index contributed by atoms with van der Waals surface area (Å²) in [6.45, 7) is 6.36. The Morgan fingerprint density at radius 2 is 1.74 bits per heavy atom. The van der Waals surface area contributed by atoms with Gasteiger partial charge >= 0.3 is 0 Å². The lowest BCUT2D eigenvalue weighted by molar-refractivity contribution is -0.131. The van der Waals surface area contributed by atoms with Crippen molar-refractivity contribution in [3.63, 3.8) is 0 Å². The first-order chi connectivity index (χ1) is 14.9. The minimum Gasteiger partial charge on any atom is -0.372 e. The van der Waals surface area contributed by atoms with Crippen LogP contribution in [0.2, 0.25) is 0 Å². The number of amides is 2. The number of ether oxygens (including phenoxy) is 1. The molecule has 0 bridgehead atoms. The molecule has 1 N–H and O–H groups in total. The van der Waals surface area contributed by atoms with E-state index in [0.717, 1.165) is 24.1 Å². The van der Waals surface area contributed by atoms with Crippen LogP contribution in [-0.2, 0) is 16.0 Å². The smallest absolute Gasteiger partial charge is 0.257 e. The van der Waals surface area contributed by atoms with Crippen LogP contribution in [-0.4, -0.2) is 70.2 Å². The number of nitrogens with zero attached hydrogens (tertiary/aromatic N) is 3. The highest BCUT2D eigenvalue weighted by Crippen LogP contribution is 2.30. The summed E-state index contributed by atoms with van der Waals surface area (Å²) in [4.78, 5) is 29.5. The van der Waals surface area contributed by atoms with Gasteiger partial charge in [0.05, 0.1) is 36.1 Å². The van der Waals surface area contributed by atoms with Gasteiger partial charge in [-0.05, 0) is 44.4 Å². The number of hydrogen-bond acceptors (Lipinski definition) is 4. The number of morpholine rings is 1. The van der Waals surface area contributed by atoms with Crippen LogP contribution in [0.15, 0.2) is 30.5 Å². The molecule has 7 nitrogen and oxygen atoms in total. The van der Waals surface area contributed by atoms with E-state index in [1.54, 1.807) is 18.3 Å². The van der Waals surface area contributed by atoms with Crippen molar-refractivity contribution < 1.29 is 18.7 Å². The first kappa shape index (κ1) is 21.5. The quantitative estimate of drug-likeness (QED) is 0.812. The van der Waals surface area contributed by atoms with Gasteiger partial charge in [0.1, 0.15) is 5.82 Å². The van der Waals surface area contributed by atoms with Crippen LogP contribution >= 0.6 is 0 Å². The van der Waals surface area contributed by atoms with Gasteiger partial charge in [-0.3, -0.25) is 14.7 Å². The molecule has 2 amide bonds. The number of rotatable bonds is 4. The van der Waals surface area contributed by atoms with Gasteiger partial charge in [-0.1, -0.05) is 12.1 Å². The van der Waals surface area contributed by atoms with Gasteiger partial charge in [-0.25, -0.2) is 4.39 Å². The van der Waals surface area contributed by atoms with Crippen LogP contribution in [0.1, 0.15) is 54.2 Å². The molecule has 0 saturated carbocycles. The van der Waals surface area contributed by atoms with Crippen molar-refractivity contribution in [2.24, 2.45) is 0 Å². The molecule has 4 rings (SSSR count). The number of halogens is 1. The zero-order valence-electron chi connectivity index (χ0n) is 18.0. The highest BCUT2D eigenvalue weighted by Gasteiger charge is 2.32. The Kier molecular flexibility index (Phi) is 6.36. The summed E-state index contributed by atoms with van der Waals surface area (Å²) in [6.07, 6.45) is 3.46. The molecule has 2 atom stereocenters. The first-order valence-electron chi connectivity index (χ1n) is 10.9. The molecular weight excluding hydrogens is 399 g/mol. The Hall–Kier alpha value is -2.74. The van der Waals surface area contributed by atoms with Gasteiger partial charge in [0.25, 0.3) is 5.91 Å². The number of carbonyl (C=O) groups excluding carboxylic acids is 2. The topological polar surface area (TPSA) is 78.5 Å². The number of carbonyl (C=O) groups is 2. The zero-order chi connectivity index (χ0) is 22.0. The summed E-state index contributed by atoms with van der Waals surface area (Å²) < 4.78 is 18.8. The highest BCUT2D eigenvalue weighted by atomic mass is 19.1. The van der Waals surface area contributed by atoms with E-state index in [0.29, 0.717) is 31.7 Å². The fourth-order valence-electron chi connectivity index (χ4n) is 4.60. The molecule has 3 heterocycles. The maximum absolute atomic E-state index is 13.1. The largest absolute Gasteiger partial charge is 0.372 e. The normalized spacial score (nSPS) is 22.5. The van der Waals surface area contributed by atoms with Gasteiger partial charge in [-0.2, -0.15) is 5.10 Å². The maximum Gasteiger partial charge on any atom is 0.257 e. The van der Waals surface area contributed by atoms with E-state index < -0.39 is 0 Å². The molecule has 2 aliphatic heterocycles. The lowest BCUT2D eigenvalue weighted by Gasteiger charge is -2.36. The SMILES string of the molecule is CC1CN(C(=O)c2cn[nH]c2C2CCN(C(=O)Cc3ccc(F)cc3)CC2)CC(C)O1. The fourth-order valence-corrected chi connectivity index (χ4v) is 4.60. The summed E-state index contributed by atoms with van der Waals surface area (Å²) in [5, 5.41) is 7.19. The number of nitrogens with one attached hydrogen (secondary N) is 1. The Labute approximate surface area is 181 Å². The van der Waals surface area contributed by atoms with Crippen molar-refractivity contribution in [1.82, 2.24) is 20.0 Å². The van der Waals surface area contributed by atoms with Crippen molar-refractivity contribution in [3.05, 3.63) is 53.1 Å². The molecule has 2 fully saturated rings. The standard InChI is InChI=1S/C23H29FN4O3/c1-15-13-28(14-16(2)31-15)23(30)20-12-25-26-22(20)18-7-9-27(10-8-18)21(29)11-17-3-5-19(24)6-4-17/h3-6,12,15-16,18H,7-11,13-14H2,1-2H3,(H,25,26). The molecule has 2 unspecified atom stereocenters. The highest BCUT2D eigenvalue weighted by molar-refractivity contribution is 5.95. The van der Waals surface area contributed by atoms with Gasteiger partial charge in [-0.15, -0.1) is 0 Å². The van der Waals surface area contributed by atoms with Crippen molar-refractivity contribution in [1.29, 1.82) is 0 Å². The Morgan fingerprint density at radius 3 is 2.39 bits per heavy atom. The maximum atomic E-state index is 13.1. The van der Waals surface area contributed by atoms with Gasteiger partial charge in [0.2, 0.25) is 5.91 Å². The van der Waals surface area contributed by atoms with Crippen molar-refractivity contribution in [2.75, 3.05) is 26.2 Å². The summed E-state index contributed by atoms with van der Waals surface area (Å²) in [7, 11) is 0. The second-order valence-electron chi connectivity index (χ2n) is 8.62. The predicted octanol–water partition coefficient (Wildman–Crippen LogP) is 2.75. The van der Waals surface area contributed by atoms with E-state index in [4.69, 9.17) is 4.74 Å². The van der Waals surface area contributed by atoms with Crippen LogP contribution < -0.4 is 0 Å². The number of likely N-dealkylation sites (tertiary alicyclic amines) is 1. The Morgan fingerprint density at radius 1 is 1.10 bits per heavy atom. The van der Waals surface area contributed by atoms with Crippen LogP contribution in [0, 0.1) is 5.82 Å². The summed E-state index contributed by atoms with van der Waals surface area (Å²) in [5.41, 5.74) is 2.30. The third-order valence-electron chi connectivity index (χ3n) is 6.13. The minimum atomic E-state index is -0.303. The minimum absolute atomic E-state index is 0.0124. The second kappa shape index (κ2) is 9.18. The van der Waals surface area contributed by atoms with Crippen molar-refractivity contribution in [3.8, 4) is 0 Å². The number of benzene rings is 1. The molecule has 8 heteroatoms. The molecule has 0 aliphatic carbocycles. The van der Waals surface area contributed by atoms with Crippen molar-refractivity contribution in [2.45, 2.75) is 51.2 Å². The molecule has 2 aliphatic rings. The Balaban J connectivity index is 1.36. The van der Waals surface area contributed by atoms with Crippen LogP contribution in [0.3, 0.4) is 0 Å². The van der Waals surface area contributed by atoms with E-state index in [1.165, 1.54) is 12.1 Å². The monoisotopic (exact) mass is 428 g/mol. The molecule has 1 aromatic heterocycles.